The molecule has 1 saturated carbocycles. The molecule has 3 unspecified atom stereocenters. The maximum atomic E-state index is 5.79. The molecule has 0 amide bonds. The van der Waals surface area contributed by atoms with Gasteiger partial charge < -0.3 is 0 Å². The van der Waals surface area contributed by atoms with Gasteiger partial charge in [0.25, 0.3) is 0 Å². The third-order valence-corrected chi connectivity index (χ3v) is 5.95. The second-order valence-electron chi connectivity index (χ2n) is 5.41. The highest BCUT2D eigenvalue weighted by Crippen LogP contribution is 2.34. The number of hydrogen-bond acceptors (Lipinski definition) is 3. The van der Waals surface area contributed by atoms with E-state index in [0.29, 0.717) is 6.04 Å². The molecule has 1 heterocycles. The van der Waals surface area contributed by atoms with E-state index >= 15 is 0 Å². The molecule has 4 heteroatoms. The van der Waals surface area contributed by atoms with Crippen LogP contribution in [0.2, 0.25) is 0 Å². The molecule has 18 heavy (non-hydrogen) atoms. The SMILES string of the molecule is CCC1CCCC(C(Cc2cc(Br)cs2)NN)C1. The minimum Gasteiger partial charge on any atom is -0.271 e. The topological polar surface area (TPSA) is 38.0 Å². The molecule has 1 aliphatic rings. The molecule has 102 valence electrons. The molecule has 3 N–H and O–H groups in total. The fourth-order valence-electron chi connectivity index (χ4n) is 3.11. The van der Waals surface area contributed by atoms with Gasteiger partial charge in [-0.1, -0.05) is 26.2 Å². The predicted molar refractivity (Wildman–Crippen MR) is 82.6 cm³/mol. The molecule has 1 aromatic heterocycles. The zero-order valence-corrected chi connectivity index (χ0v) is 13.4. The van der Waals surface area contributed by atoms with E-state index < -0.39 is 0 Å². The summed E-state index contributed by atoms with van der Waals surface area (Å²) in [6.07, 6.45) is 7.84. The molecule has 0 aromatic carbocycles. The van der Waals surface area contributed by atoms with Crippen molar-refractivity contribution in [2.75, 3.05) is 0 Å². The van der Waals surface area contributed by atoms with Crippen LogP contribution >= 0.6 is 27.3 Å². The quantitative estimate of drug-likeness (QED) is 0.630. The Hall–Kier alpha value is 0.1000. The number of nitrogens with two attached hydrogens (primary N) is 1. The van der Waals surface area contributed by atoms with Crippen LogP contribution in [-0.4, -0.2) is 6.04 Å². The van der Waals surface area contributed by atoms with Crippen molar-refractivity contribution < 1.29 is 0 Å². The van der Waals surface area contributed by atoms with Crippen molar-refractivity contribution >= 4 is 27.3 Å². The predicted octanol–water partition coefficient (Wildman–Crippen LogP) is 4.10. The summed E-state index contributed by atoms with van der Waals surface area (Å²) < 4.78 is 1.19. The lowest BCUT2D eigenvalue weighted by atomic mass is 9.76. The van der Waals surface area contributed by atoms with Gasteiger partial charge in [0.05, 0.1) is 0 Å². The largest absolute Gasteiger partial charge is 0.271 e. The van der Waals surface area contributed by atoms with Crippen LogP contribution in [0.5, 0.6) is 0 Å². The zero-order valence-electron chi connectivity index (χ0n) is 11.0. The molecule has 0 saturated heterocycles. The van der Waals surface area contributed by atoms with E-state index in [1.165, 1.54) is 41.5 Å². The molecular formula is C14H23BrN2S. The summed E-state index contributed by atoms with van der Waals surface area (Å²) in [5.74, 6) is 7.44. The lowest BCUT2D eigenvalue weighted by Crippen LogP contribution is -2.43. The first-order valence-corrected chi connectivity index (χ1v) is 8.59. The van der Waals surface area contributed by atoms with Crippen LogP contribution in [0.1, 0.15) is 43.9 Å². The van der Waals surface area contributed by atoms with Gasteiger partial charge in [-0.25, -0.2) is 0 Å². The van der Waals surface area contributed by atoms with Crippen molar-refractivity contribution in [1.29, 1.82) is 0 Å². The number of thiophene rings is 1. The summed E-state index contributed by atoms with van der Waals surface area (Å²) in [4.78, 5) is 1.42. The van der Waals surface area contributed by atoms with Crippen LogP contribution in [0, 0.1) is 11.8 Å². The van der Waals surface area contributed by atoms with Gasteiger partial charge in [0.1, 0.15) is 0 Å². The maximum Gasteiger partial charge on any atom is 0.0287 e. The number of hydrogen-bond donors (Lipinski definition) is 2. The third-order valence-electron chi connectivity index (χ3n) is 4.23. The third kappa shape index (κ3) is 3.80. The molecular weight excluding hydrogens is 308 g/mol. The van der Waals surface area contributed by atoms with E-state index in [1.54, 1.807) is 0 Å². The molecule has 3 atom stereocenters. The summed E-state index contributed by atoms with van der Waals surface area (Å²) in [5, 5.41) is 2.15. The Bertz CT molecular complexity index is 366. The second kappa shape index (κ2) is 7.04. The van der Waals surface area contributed by atoms with Crippen LogP contribution in [0.3, 0.4) is 0 Å². The van der Waals surface area contributed by atoms with E-state index in [4.69, 9.17) is 5.84 Å². The number of nitrogens with one attached hydrogen (secondary N) is 1. The highest BCUT2D eigenvalue weighted by atomic mass is 79.9. The number of hydrazine groups is 1. The second-order valence-corrected chi connectivity index (χ2v) is 7.32. The highest BCUT2D eigenvalue weighted by molar-refractivity contribution is 9.10. The summed E-state index contributed by atoms with van der Waals surface area (Å²) in [5.41, 5.74) is 3.07. The Morgan fingerprint density at radius 2 is 2.39 bits per heavy atom. The Balaban J connectivity index is 1.95. The lowest BCUT2D eigenvalue weighted by molar-refractivity contribution is 0.208. The van der Waals surface area contributed by atoms with Crippen molar-refractivity contribution in [3.05, 3.63) is 20.8 Å². The number of halogens is 1. The van der Waals surface area contributed by atoms with Crippen molar-refractivity contribution in [1.82, 2.24) is 5.43 Å². The van der Waals surface area contributed by atoms with Gasteiger partial charge in [0.15, 0.2) is 0 Å². The van der Waals surface area contributed by atoms with Crippen LogP contribution < -0.4 is 11.3 Å². The van der Waals surface area contributed by atoms with Gasteiger partial charge in [-0.2, -0.15) is 0 Å². The van der Waals surface area contributed by atoms with E-state index in [2.05, 4.69) is 39.7 Å². The van der Waals surface area contributed by atoms with Gasteiger partial charge in [-0.05, 0) is 53.1 Å². The minimum atomic E-state index is 0.435. The molecule has 0 radical (unpaired) electrons. The van der Waals surface area contributed by atoms with Crippen LogP contribution in [0.4, 0.5) is 0 Å². The average molecular weight is 331 g/mol. The fourth-order valence-corrected chi connectivity index (χ4v) is 4.62. The van der Waals surface area contributed by atoms with E-state index in [1.807, 2.05) is 11.3 Å². The summed E-state index contributed by atoms with van der Waals surface area (Å²) in [7, 11) is 0. The number of rotatable bonds is 5. The summed E-state index contributed by atoms with van der Waals surface area (Å²) >= 11 is 5.34. The Morgan fingerprint density at radius 1 is 1.56 bits per heavy atom. The van der Waals surface area contributed by atoms with E-state index in [9.17, 15) is 0 Å². The Labute approximate surface area is 122 Å². The lowest BCUT2D eigenvalue weighted by Gasteiger charge is -2.33. The standard InChI is InChI=1S/C14H23BrN2S/c1-2-10-4-3-5-11(6-10)14(17-16)8-13-7-12(15)9-18-13/h7,9-11,14,17H,2-6,8,16H2,1H3. The maximum absolute atomic E-state index is 5.79. The first kappa shape index (κ1) is 14.5. The van der Waals surface area contributed by atoms with Gasteiger partial charge in [-0.15, -0.1) is 11.3 Å². The van der Waals surface area contributed by atoms with Gasteiger partial charge in [0.2, 0.25) is 0 Å². The smallest absolute Gasteiger partial charge is 0.0287 e. The van der Waals surface area contributed by atoms with Crippen molar-refractivity contribution in [2.24, 2.45) is 17.7 Å². The minimum absolute atomic E-state index is 0.435. The van der Waals surface area contributed by atoms with Crippen LogP contribution in [0.25, 0.3) is 0 Å². The van der Waals surface area contributed by atoms with E-state index in [-0.39, 0.29) is 0 Å². The monoisotopic (exact) mass is 330 g/mol. The van der Waals surface area contributed by atoms with Gasteiger partial charge in [0, 0.05) is 20.8 Å². The van der Waals surface area contributed by atoms with E-state index in [0.717, 1.165) is 18.3 Å². The first-order valence-electron chi connectivity index (χ1n) is 6.92. The van der Waals surface area contributed by atoms with Gasteiger partial charge in [-0.3, -0.25) is 11.3 Å². The van der Waals surface area contributed by atoms with Crippen molar-refractivity contribution in [3.63, 3.8) is 0 Å². The summed E-state index contributed by atoms with van der Waals surface area (Å²) in [6.45, 7) is 2.31. The molecule has 2 rings (SSSR count). The molecule has 1 fully saturated rings. The van der Waals surface area contributed by atoms with Gasteiger partial charge >= 0.3 is 0 Å². The zero-order chi connectivity index (χ0) is 13.0. The first-order chi connectivity index (χ1) is 8.72. The Kier molecular flexibility index (Phi) is 5.67. The van der Waals surface area contributed by atoms with Crippen LogP contribution in [-0.2, 0) is 6.42 Å². The molecule has 0 aliphatic heterocycles. The van der Waals surface area contributed by atoms with Crippen molar-refractivity contribution in [3.8, 4) is 0 Å². The molecule has 0 spiro atoms. The molecule has 0 bridgehead atoms. The van der Waals surface area contributed by atoms with Crippen LogP contribution in [0.15, 0.2) is 15.9 Å². The normalized spacial score (nSPS) is 26.2. The highest BCUT2D eigenvalue weighted by Gasteiger charge is 2.27. The molecule has 1 aromatic rings. The Morgan fingerprint density at radius 3 is 3.00 bits per heavy atom. The fraction of sp³-hybridized carbons (Fsp3) is 0.714. The average Bonchev–Trinajstić information content (AvgIpc) is 2.81. The summed E-state index contributed by atoms with van der Waals surface area (Å²) in [6, 6.07) is 2.65. The van der Waals surface area contributed by atoms with Crippen molar-refractivity contribution in [2.45, 2.75) is 51.5 Å². The molecule has 2 nitrogen and oxygen atoms in total. The molecule has 1 aliphatic carbocycles.